The summed E-state index contributed by atoms with van der Waals surface area (Å²) >= 11 is 9.24. The summed E-state index contributed by atoms with van der Waals surface area (Å²) < 4.78 is 14.9. The predicted molar refractivity (Wildman–Crippen MR) is 77.5 cm³/mol. The molecule has 0 radical (unpaired) electrons. The van der Waals surface area contributed by atoms with Crippen molar-refractivity contribution in [3.8, 4) is 0 Å². The van der Waals surface area contributed by atoms with Crippen LogP contribution in [0.4, 0.5) is 4.39 Å². The number of halogens is 3. The van der Waals surface area contributed by atoms with Crippen LogP contribution < -0.4 is 5.73 Å². The Bertz CT molecular complexity index is 425. The molecule has 1 aromatic rings. The zero-order valence-corrected chi connectivity index (χ0v) is 12.6. The highest BCUT2D eigenvalue weighted by Crippen LogP contribution is 2.40. The molecule has 2 atom stereocenters. The second-order valence-electron chi connectivity index (χ2n) is 5.00. The van der Waals surface area contributed by atoms with E-state index < -0.39 is 0 Å². The first-order valence-electron chi connectivity index (χ1n) is 6.48. The van der Waals surface area contributed by atoms with Gasteiger partial charge in [-0.2, -0.15) is 0 Å². The molecular formula is C14H18BrClFN. The van der Waals surface area contributed by atoms with Crippen LogP contribution in [-0.2, 0) is 0 Å². The lowest BCUT2D eigenvalue weighted by Gasteiger charge is -2.25. The summed E-state index contributed by atoms with van der Waals surface area (Å²) in [6.07, 6.45) is 5.67. The molecule has 0 bridgehead atoms. The molecule has 18 heavy (non-hydrogen) atoms. The first-order valence-corrected chi connectivity index (χ1v) is 7.65. The summed E-state index contributed by atoms with van der Waals surface area (Å²) in [5, 5.41) is 0.188. The van der Waals surface area contributed by atoms with Crippen molar-refractivity contribution >= 4 is 27.5 Å². The Hall–Kier alpha value is -0.120. The monoisotopic (exact) mass is 333 g/mol. The third kappa shape index (κ3) is 2.89. The van der Waals surface area contributed by atoms with E-state index in [0.29, 0.717) is 16.9 Å². The van der Waals surface area contributed by atoms with Gasteiger partial charge in [0.15, 0.2) is 0 Å². The van der Waals surface area contributed by atoms with Gasteiger partial charge >= 0.3 is 0 Å². The molecule has 100 valence electrons. The standard InChI is InChI=1S/C14H18BrClFN/c15-12-7-6-11(14(17)13(12)16)10-5-3-1-2-4-9(10)8-18/h6-7,9-10H,1-5,8,18H2. The number of hydrogen-bond acceptors (Lipinski definition) is 1. The Labute approximate surface area is 121 Å². The van der Waals surface area contributed by atoms with Crippen LogP contribution in [0.2, 0.25) is 5.02 Å². The highest BCUT2D eigenvalue weighted by Gasteiger charge is 2.27. The number of hydrogen-bond donors (Lipinski definition) is 1. The molecule has 0 spiro atoms. The van der Waals surface area contributed by atoms with Crippen molar-refractivity contribution in [1.29, 1.82) is 0 Å². The van der Waals surface area contributed by atoms with Crippen LogP contribution >= 0.6 is 27.5 Å². The lowest BCUT2D eigenvalue weighted by atomic mass is 9.82. The van der Waals surface area contributed by atoms with E-state index in [1.807, 2.05) is 12.1 Å². The van der Waals surface area contributed by atoms with Crippen molar-refractivity contribution < 1.29 is 4.39 Å². The molecule has 2 unspecified atom stereocenters. The molecule has 2 N–H and O–H groups in total. The van der Waals surface area contributed by atoms with Crippen molar-refractivity contribution in [1.82, 2.24) is 0 Å². The van der Waals surface area contributed by atoms with Crippen LogP contribution in [0.3, 0.4) is 0 Å². The predicted octanol–water partition coefficient (Wildman–Crippen LogP) is 4.86. The Kier molecular flexibility index (Phi) is 5.05. The fraction of sp³-hybridized carbons (Fsp3) is 0.571. The zero-order valence-electron chi connectivity index (χ0n) is 10.3. The van der Waals surface area contributed by atoms with Gasteiger partial charge in [0.2, 0.25) is 0 Å². The maximum absolute atomic E-state index is 14.3. The molecule has 1 aromatic carbocycles. The maximum atomic E-state index is 14.3. The second-order valence-corrected chi connectivity index (χ2v) is 6.24. The van der Waals surface area contributed by atoms with E-state index in [2.05, 4.69) is 15.9 Å². The van der Waals surface area contributed by atoms with Gasteiger partial charge < -0.3 is 5.73 Å². The van der Waals surface area contributed by atoms with E-state index in [1.54, 1.807) is 0 Å². The quantitative estimate of drug-likeness (QED) is 0.606. The maximum Gasteiger partial charge on any atom is 0.146 e. The lowest BCUT2D eigenvalue weighted by Crippen LogP contribution is -2.22. The van der Waals surface area contributed by atoms with Gasteiger partial charge in [0.25, 0.3) is 0 Å². The van der Waals surface area contributed by atoms with Crippen LogP contribution in [0, 0.1) is 11.7 Å². The third-order valence-corrected chi connectivity index (χ3v) is 5.18. The Morgan fingerprint density at radius 2 is 2.00 bits per heavy atom. The molecule has 0 aromatic heterocycles. The molecule has 1 aliphatic carbocycles. The molecule has 0 amide bonds. The Morgan fingerprint density at radius 1 is 1.28 bits per heavy atom. The highest BCUT2D eigenvalue weighted by molar-refractivity contribution is 9.10. The van der Waals surface area contributed by atoms with E-state index in [-0.39, 0.29) is 16.8 Å². The molecule has 1 fully saturated rings. The number of benzene rings is 1. The van der Waals surface area contributed by atoms with E-state index in [0.717, 1.165) is 24.8 Å². The van der Waals surface area contributed by atoms with Gasteiger partial charge in [0, 0.05) is 4.47 Å². The molecule has 0 aliphatic heterocycles. The minimum absolute atomic E-state index is 0.188. The number of nitrogens with two attached hydrogens (primary N) is 1. The second kappa shape index (κ2) is 6.36. The van der Waals surface area contributed by atoms with Crippen LogP contribution in [-0.4, -0.2) is 6.54 Å². The van der Waals surface area contributed by atoms with Crippen LogP contribution in [0.25, 0.3) is 0 Å². The smallest absolute Gasteiger partial charge is 0.146 e. The SMILES string of the molecule is NCC1CCCCCC1c1ccc(Br)c(Cl)c1F. The molecule has 2 rings (SSSR count). The molecule has 0 saturated heterocycles. The zero-order chi connectivity index (χ0) is 13.1. The van der Waals surface area contributed by atoms with Gasteiger partial charge in [-0.25, -0.2) is 4.39 Å². The first kappa shape index (κ1) is 14.3. The molecule has 0 heterocycles. The first-order chi connectivity index (χ1) is 8.65. The van der Waals surface area contributed by atoms with Crippen molar-refractivity contribution in [2.24, 2.45) is 11.7 Å². The molecular weight excluding hydrogens is 317 g/mol. The average molecular weight is 335 g/mol. The van der Waals surface area contributed by atoms with Crippen LogP contribution in [0.15, 0.2) is 16.6 Å². The van der Waals surface area contributed by atoms with E-state index >= 15 is 0 Å². The minimum Gasteiger partial charge on any atom is -0.330 e. The number of rotatable bonds is 2. The van der Waals surface area contributed by atoms with Gasteiger partial charge in [0.1, 0.15) is 5.82 Å². The van der Waals surface area contributed by atoms with Gasteiger partial charge in [-0.1, -0.05) is 36.9 Å². The summed E-state index contributed by atoms with van der Waals surface area (Å²) in [6.45, 7) is 0.623. The van der Waals surface area contributed by atoms with Crippen molar-refractivity contribution in [2.45, 2.75) is 38.0 Å². The van der Waals surface area contributed by atoms with Crippen molar-refractivity contribution in [3.63, 3.8) is 0 Å². The third-order valence-electron chi connectivity index (χ3n) is 3.93. The summed E-state index contributed by atoms with van der Waals surface area (Å²) in [5.41, 5.74) is 6.59. The molecule has 1 nitrogen and oxygen atoms in total. The summed E-state index contributed by atoms with van der Waals surface area (Å²) in [5.74, 6) is 0.304. The van der Waals surface area contributed by atoms with Crippen LogP contribution in [0.1, 0.15) is 43.6 Å². The fourth-order valence-electron chi connectivity index (χ4n) is 2.90. The largest absolute Gasteiger partial charge is 0.330 e. The van der Waals surface area contributed by atoms with Crippen LogP contribution in [0.5, 0.6) is 0 Å². The van der Waals surface area contributed by atoms with Crippen molar-refractivity contribution in [3.05, 3.63) is 33.0 Å². The average Bonchev–Trinajstić information content (AvgIpc) is 2.61. The van der Waals surface area contributed by atoms with Gasteiger partial charge in [0.05, 0.1) is 5.02 Å². The van der Waals surface area contributed by atoms with E-state index in [4.69, 9.17) is 17.3 Å². The fourth-order valence-corrected chi connectivity index (χ4v) is 3.38. The van der Waals surface area contributed by atoms with Gasteiger partial charge in [-0.3, -0.25) is 0 Å². The van der Waals surface area contributed by atoms with E-state index in [1.165, 1.54) is 12.8 Å². The van der Waals surface area contributed by atoms with E-state index in [9.17, 15) is 4.39 Å². The highest BCUT2D eigenvalue weighted by atomic mass is 79.9. The summed E-state index contributed by atoms with van der Waals surface area (Å²) in [4.78, 5) is 0. The van der Waals surface area contributed by atoms with Crippen molar-refractivity contribution in [2.75, 3.05) is 6.54 Å². The normalized spacial score (nSPS) is 24.9. The summed E-state index contributed by atoms with van der Waals surface area (Å²) in [7, 11) is 0. The molecule has 1 saturated carbocycles. The Morgan fingerprint density at radius 3 is 2.72 bits per heavy atom. The topological polar surface area (TPSA) is 26.0 Å². The Balaban J connectivity index is 2.36. The lowest BCUT2D eigenvalue weighted by molar-refractivity contribution is 0.396. The van der Waals surface area contributed by atoms with Gasteiger partial charge in [-0.15, -0.1) is 0 Å². The van der Waals surface area contributed by atoms with Gasteiger partial charge in [-0.05, 0) is 58.8 Å². The molecule has 1 aliphatic rings. The minimum atomic E-state index is -0.281. The summed E-state index contributed by atoms with van der Waals surface area (Å²) in [6, 6.07) is 3.68. The molecule has 4 heteroatoms.